The monoisotopic (exact) mass is 333 g/mol. The summed E-state index contributed by atoms with van der Waals surface area (Å²) in [5.74, 6) is -2.53. The third-order valence-corrected chi connectivity index (χ3v) is 3.94. The Morgan fingerprint density at radius 3 is 2.21 bits per heavy atom. The van der Waals surface area contributed by atoms with Gasteiger partial charge in [0.15, 0.2) is 0 Å². The Balaban J connectivity index is 1.91. The van der Waals surface area contributed by atoms with E-state index in [-0.39, 0.29) is 11.8 Å². The Morgan fingerprint density at radius 1 is 1.12 bits per heavy atom. The number of primary amides is 1. The first-order valence-corrected chi connectivity index (χ1v) is 7.50. The topological polar surface area (TPSA) is 119 Å². The summed E-state index contributed by atoms with van der Waals surface area (Å²) in [4.78, 5) is 48.0. The number of anilines is 1. The van der Waals surface area contributed by atoms with E-state index in [9.17, 15) is 19.2 Å². The Kier molecular flexibility index (Phi) is 5.51. The number of nitrogens with two attached hydrogens (primary N) is 1. The molecule has 3 N–H and O–H groups in total. The molecular formula is C16H19N3O5. The molecule has 0 saturated carbocycles. The van der Waals surface area contributed by atoms with Crippen molar-refractivity contribution in [3.05, 3.63) is 29.8 Å². The number of piperidine rings is 1. The van der Waals surface area contributed by atoms with Crippen LogP contribution in [0.2, 0.25) is 0 Å². The zero-order chi connectivity index (χ0) is 17.7. The molecule has 0 unspecified atom stereocenters. The van der Waals surface area contributed by atoms with E-state index < -0.39 is 17.8 Å². The van der Waals surface area contributed by atoms with Gasteiger partial charge >= 0.3 is 17.8 Å². The second-order valence-corrected chi connectivity index (χ2v) is 5.49. The molecule has 0 radical (unpaired) electrons. The summed E-state index contributed by atoms with van der Waals surface area (Å²) in [6.45, 7) is 0.641. The number of hydrogen-bond acceptors (Lipinski definition) is 5. The number of benzene rings is 1. The molecule has 128 valence electrons. The van der Waals surface area contributed by atoms with Crippen LogP contribution in [0.25, 0.3) is 0 Å². The second kappa shape index (κ2) is 7.58. The standard InChI is InChI=1S/C16H19N3O5/c1-24-16(23)11-2-4-12(5-3-11)18-14(21)15(22)19-8-6-10(7-9-19)13(17)20/h2-5,10H,6-9H2,1H3,(H2,17,20)(H,18,21). The Hall–Kier alpha value is -2.90. The molecule has 0 aromatic heterocycles. The molecule has 0 spiro atoms. The highest BCUT2D eigenvalue weighted by molar-refractivity contribution is 6.39. The van der Waals surface area contributed by atoms with Gasteiger partial charge in [0.05, 0.1) is 12.7 Å². The van der Waals surface area contributed by atoms with E-state index in [1.807, 2.05) is 0 Å². The summed E-state index contributed by atoms with van der Waals surface area (Å²) < 4.78 is 4.58. The van der Waals surface area contributed by atoms with Gasteiger partial charge in [-0.2, -0.15) is 0 Å². The van der Waals surface area contributed by atoms with Crippen molar-refractivity contribution in [2.24, 2.45) is 11.7 Å². The third-order valence-electron chi connectivity index (χ3n) is 3.94. The fourth-order valence-electron chi connectivity index (χ4n) is 2.50. The van der Waals surface area contributed by atoms with E-state index in [2.05, 4.69) is 10.1 Å². The normalized spacial score (nSPS) is 14.8. The fourth-order valence-corrected chi connectivity index (χ4v) is 2.50. The highest BCUT2D eigenvalue weighted by atomic mass is 16.5. The van der Waals surface area contributed by atoms with Gasteiger partial charge in [-0.1, -0.05) is 0 Å². The van der Waals surface area contributed by atoms with E-state index in [1.54, 1.807) is 0 Å². The maximum atomic E-state index is 12.1. The molecule has 8 nitrogen and oxygen atoms in total. The Morgan fingerprint density at radius 2 is 1.71 bits per heavy atom. The summed E-state index contributed by atoms with van der Waals surface area (Å²) in [7, 11) is 1.28. The van der Waals surface area contributed by atoms with Crippen molar-refractivity contribution in [1.82, 2.24) is 4.90 Å². The molecule has 1 aromatic carbocycles. The van der Waals surface area contributed by atoms with Gasteiger partial charge in [-0.05, 0) is 37.1 Å². The number of hydrogen-bond donors (Lipinski definition) is 2. The number of methoxy groups -OCH3 is 1. The second-order valence-electron chi connectivity index (χ2n) is 5.49. The molecular weight excluding hydrogens is 314 g/mol. The average Bonchev–Trinajstić information content (AvgIpc) is 2.61. The molecule has 1 aromatic rings. The summed E-state index contributed by atoms with van der Waals surface area (Å²) in [6.07, 6.45) is 0.921. The molecule has 0 atom stereocenters. The molecule has 24 heavy (non-hydrogen) atoms. The van der Waals surface area contributed by atoms with Crippen molar-refractivity contribution in [2.45, 2.75) is 12.8 Å². The minimum absolute atomic E-state index is 0.247. The van der Waals surface area contributed by atoms with Crippen molar-refractivity contribution in [2.75, 3.05) is 25.5 Å². The number of amides is 3. The zero-order valence-electron chi connectivity index (χ0n) is 13.3. The first-order valence-electron chi connectivity index (χ1n) is 7.50. The highest BCUT2D eigenvalue weighted by Gasteiger charge is 2.29. The predicted octanol–water partition coefficient (Wildman–Crippen LogP) is 0.136. The average molecular weight is 333 g/mol. The quantitative estimate of drug-likeness (QED) is 0.602. The lowest BCUT2D eigenvalue weighted by Gasteiger charge is -2.29. The Bertz CT molecular complexity index is 648. The van der Waals surface area contributed by atoms with Crippen LogP contribution in [0.5, 0.6) is 0 Å². The van der Waals surface area contributed by atoms with Crippen LogP contribution in [0, 0.1) is 5.92 Å². The molecule has 3 amide bonds. The van der Waals surface area contributed by atoms with Crippen molar-refractivity contribution < 1.29 is 23.9 Å². The van der Waals surface area contributed by atoms with Crippen LogP contribution in [0.15, 0.2) is 24.3 Å². The van der Waals surface area contributed by atoms with Crippen molar-refractivity contribution in [3.8, 4) is 0 Å². The maximum Gasteiger partial charge on any atom is 0.337 e. The molecule has 0 aliphatic carbocycles. The lowest BCUT2D eigenvalue weighted by atomic mass is 9.96. The number of ether oxygens (including phenoxy) is 1. The summed E-state index contributed by atoms with van der Waals surface area (Å²) in [5, 5.41) is 2.48. The van der Waals surface area contributed by atoms with E-state index in [4.69, 9.17) is 5.73 Å². The number of rotatable bonds is 3. The van der Waals surface area contributed by atoms with Gasteiger partial charge in [0.25, 0.3) is 0 Å². The molecule has 1 heterocycles. The van der Waals surface area contributed by atoms with Crippen molar-refractivity contribution >= 4 is 29.4 Å². The van der Waals surface area contributed by atoms with Gasteiger partial charge in [-0.15, -0.1) is 0 Å². The SMILES string of the molecule is COC(=O)c1ccc(NC(=O)C(=O)N2CCC(C(N)=O)CC2)cc1. The van der Waals surface area contributed by atoms with E-state index in [0.717, 1.165) is 0 Å². The van der Waals surface area contributed by atoms with Gasteiger partial charge in [0.1, 0.15) is 0 Å². The Labute approximate surface area is 138 Å². The van der Waals surface area contributed by atoms with E-state index >= 15 is 0 Å². The first-order chi connectivity index (χ1) is 11.4. The maximum absolute atomic E-state index is 12.1. The molecule has 0 bridgehead atoms. The number of carbonyl (C=O) groups is 4. The largest absolute Gasteiger partial charge is 0.465 e. The zero-order valence-corrected chi connectivity index (χ0v) is 13.3. The van der Waals surface area contributed by atoms with Crippen LogP contribution in [0.3, 0.4) is 0 Å². The van der Waals surface area contributed by atoms with Crippen LogP contribution in [-0.2, 0) is 19.1 Å². The molecule has 1 saturated heterocycles. The fraction of sp³-hybridized carbons (Fsp3) is 0.375. The molecule has 1 fully saturated rings. The van der Waals surface area contributed by atoms with Gasteiger partial charge in [-0.25, -0.2) is 4.79 Å². The van der Waals surface area contributed by atoms with E-state index in [0.29, 0.717) is 37.2 Å². The number of nitrogens with zero attached hydrogens (tertiary/aromatic N) is 1. The van der Waals surface area contributed by atoms with Crippen molar-refractivity contribution in [3.63, 3.8) is 0 Å². The number of carbonyl (C=O) groups excluding carboxylic acids is 4. The summed E-state index contributed by atoms with van der Waals surface area (Å²) >= 11 is 0. The highest BCUT2D eigenvalue weighted by Crippen LogP contribution is 2.17. The number of esters is 1. The van der Waals surface area contributed by atoms with Crippen LogP contribution < -0.4 is 11.1 Å². The minimum Gasteiger partial charge on any atom is -0.465 e. The van der Waals surface area contributed by atoms with Crippen LogP contribution >= 0.6 is 0 Å². The molecule has 1 aliphatic rings. The van der Waals surface area contributed by atoms with Gasteiger partial charge in [0.2, 0.25) is 5.91 Å². The number of nitrogens with one attached hydrogen (secondary N) is 1. The van der Waals surface area contributed by atoms with E-state index in [1.165, 1.54) is 36.3 Å². The van der Waals surface area contributed by atoms with Gasteiger partial charge in [-0.3, -0.25) is 14.4 Å². The van der Waals surface area contributed by atoms with Gasteiger partial charge in [0, 0.05) is 24.7 Å². The third kappa shape index (κ3) is 4.09. The lowest BCUT2D eigenvalue weighted by Crippen LogP contribution is -2.46. The van der Waals surface area contributed by atoms with Crippen LogP contribution in [0.1, 0.15) is 23.2 Å². The summed E-state index contributed by atoms with van der Waals surface area (Å²) in [5.41, 5.74) is 5.98. The first kappa shape index (κ1) is 17.5. The minimum atomic E-state index is -0.765. The number of likely N-dealkylation sites (tertiary alicyclic amines) is 1. The molecule has 1 aliphatic heterocycles. The van der Waals surface area contributed by atoms with Crippen LogP contribution in [-0.4, -0.2) is 48.8 Å². The lowest BCUT2D eigenvalue weighted by molar-refractivity contribution is -0.144. The van der Waals surface area contributed by atoms with Crippen LogP contribution in [0.4, 0.5) is 5.69 Å². The predicted molar refractivity (Wildman–Crippen MR) is 84.9 cm³/mol. The smallest absolute Gasteiger partial charge is 0.337 e. The van der Waals surface area contributed by atoms with Crippen molar-refractivity contribution in [1.29, 1.82) is 0 Å². The van der Waals surface area contributed by atoms with Gasteiger partial charge < -0.3 is 20.7 Å². The molecule has 8 heteroatoms. The summed E-state index contributed by atoms with van der Waals surface area (Å²) in [6, 6.07) is 6.00. The molecule has 2 rings (SSSR count).